The second-order valence-corrected chi connectivity index (χ2v) is 15.2. The molecule has 3 aromatic carbocycles. The predicted octanol–water partition coefficient (Wildman–Crippen LogP) is 6.67. The van der Waals surface area contributed by atoms with Crippen molar-refractivity contribution in [2.75, 3.05) is 26.3 Å². The molecule has 4 heterocycles. The van der Waals surface area contributed by atoms with Crippen molar-refractivity contribution < 1.29 is 31.1 Å². The number of H-pyrrole nitrogens is 1. The number of sulfonamides is 1. The summed E-state index contributed by atoms with van der Waals surface area (Å²) in [5.74, 6) is 0.210. The summed E-state index contributed by atoms with van der Waals surface area (Å²) in [5, 5.41) is 11.0. The standard InChI is InChI=1S/C33H27F3N6O5S3/c1-20(28-37-30(43)27-26(19-48-31(27)38-28)21-6-3-2-4-7-21)49-32-40-39-29(42(32)23-10-12-24(13-11-23)47-33(34,35)36)22-8-5-9-25(18-22)50(44,45)41-14-16-46-17-15-41/h2-13,18-20H,14-17H2,1H3,(H,37,38,43). The van der Waals surface area contributed by atoms with E-state index in [-0.39, 0.29) is 42.6 Å². The quantitative estimate of drug-likeness (QED) is 0.162. The van der Waals surface area contributed by atoms with Gasteiger partial charge in [-0.15, -0.1) is 34.7 Å². The van der Waals surface area contributed by atoms with E-state index in [2.05, 4.69) is 19.9 Å². The van der Waals surface area contributed by atoms with E-state index in [4.69, 9.17) is 9.72 Å². The van der Waals surface area contributed by atoms with E-state index in [9.17, 15) is 26.4 Å². The number of benzene rings is 3. The van der Waals surface area contributed by atoms with Gasteiger partial charge in [-0.1, -0.05) is 54.2 Å². The van der Waals surface area contributed by atoms with Crippen LogP contribution >= 0.6 is 23.1 Å². The molecule has 0 radical (unpaired) electrons. The van der Waals surface area contributed by atoms with Crippen molar-refractivity contribution in [2.24, 2.45) is 0 Å². The van der Waals surface area contributed by atoms with Crippen LogP contribution in [0, 0.1) is 0 Å². The van der Waals surface area contributed by atoms with Gasteiger partial charge in [-0.2, -0.15) is 4.31 Å². The van der Waals surface area contributed by atoms with Gasteiger partial charge in [0.05, 0.1) is 28.7 Å². The molecule has 1 saturated heterocycles. The van der Waals surface area contributed by atoms with Crippen molar-refractivity contribution in [3.05, 3.63) is 100 Å². The van der Waals surface area contributed by atoms with Gasteiger partial charge in [0, 0.05) is 35.3 Å². The van der Waals surface area contributed by atoms with Crippen molar-refractivity contribution in [3.63, 3.8) is 0 Å². The first-order chi connectivity index (χ1) is 24.0. The lowest BCUT2D eigenvalue weighted by Crippen LogP contribution is -2.40. The molecular formula is C33H27F3N6O5S3. The molecule has 0 amide bonds. The number of aromatic amines is 1. The largest absolute Gasteiger partial charge is 0.573 e. The number of hydrogen-bond donors (Lipinski definition) is 1. The van der Waals surface area contributed by atoms with Crippen molar-refractivity contribution in [3.8, 4) is 34.0 Å². The normalized spacial score (nSPS) is 15.0. The van der Waals surface area contributed by atoms with Crippen molar-refractivity contribution >= 4 is 43.3 Å². The summed E-state index contributed by atoms with van der Waals surface area (Å²) in [7, 11) is -3.85. The van der Waals surface area contributed by atoms with Gasteiger partial charge in [-0.3, -0.25) is 9.36 Å². The Morgan fingerprint density at radius 3 is 2.42 bits per heavy atom. The predicted molar refractivity (Wildman–Crippen MR) is 183 cm³/mol. The van der Waals surface area contributed by atoms with Crippen LogP contribution in [0.4, 0.5) is 13.2 Å². The fourth-order valence-corrected chi connectivity index (χ4v) is 8.83. The minimum absolute atomic E-state index is 0.0452. The number of thioether (sulfide) groups is 1. The summed E-state index contributed by atoms with van der Waals surface area (Å²) >= 11 is 2.57. The lowest BCUT2D eigenvalue weighted by molar-refractivity contribution is -0.274. The van der Waals surface area contributed by atoms with Crippen LogP contribution in [-0.2, 0) is 14.8 Å². The van der Waals surface area contributed by atoms with Gasteiger partial charge in [0.25, 0.3) is 5.56 Å². The zero-order chi connectivity index (χ0) is 35.0. The molecule has 1 aliphatic rings. The number of ether oxygens (including phenoxy) is 2. The van der Waals surface area contributed by atoms with Gasteiger partial charge in [-0.25, -0.2) is 13.4 Å². The van der Waals surface area contributed by atoms with E-state index in [1.54, 1.807) is 16.7 Å². The third kappa shape index (κ3) is 6.91. The summed E-state index contributed by atoms with van der Waals surface area (Å²) in [4.78, 5) is 21.6. The molecule has 1 fully saturated rings. The van der Waals surface area contributed by atoms with Crippen LogP contribution < -0.4 is 10.3 Å². The van der Waals surface area contributed by atoms with E-state index >= 15 is 0 Å². The van der Waals surface area contributed by atoms with E-state index in [1.165, 1.54) is 51.7 Å². The van der Waals surface area contributed by atoms with Gasteiger partial charge in [0.15, 0.2) is 11.0 Å². The molecule has 0 saturated carbocycles. The molecule has 1 aliphatic heterocycles. The average Bonchev–Trinajstić information content (AvgIpc) is 3.74. The molecular weight excluding hydrogens is 714 g/mol. The summed E-state index contributed by atoms with van der Waals surface area (Å²) in [6, 6.07) is 20.9. The van der Waals surface area contributed by atoms with Gasteiger partial charge in [0.2, 0.25) is 10.0 Å². The average molecular weight is 741 g/mol. The number of aromatic nitrogens is 5. The summed E-state index contributed by atoms with van der Waals surface area (Å²) in [6.07, 6.45) is -4.87. The Balaban J connectivity index is 1.26. The number of hydrogen-bond acceptors (Lipinski definition) is 10. The molecule has 11 nitrogen and oxygen atoms in total. The monoisotopic (exact) mass is 740 g/mol. The lowest BCUT2D eigenvalue weighted by Gasteiger charge is -2.26. The van der Waals surface area contributed by atoms with Crippen LogP contribution in [0.25, 0.3) is 38.4 Å². The van der Waals surface area contributed by atoms with Crippen molar-refractivity contribution in [1.82, 2.24) is 29.0 Å². The first kappa shape index (κ1) is 33.9. The third-order valence-electron chi connectivity index (χ3n) is 7.88. The van der Waals surface area contributed by atoms with Crippen LogP contribution in [0.2, 0.25) is 0 Å². The van der Waals surface area contributed by atoms with Gasteiger partial charge >= 0.3 is 6.36 Å². The topological polar surface area (TPSA) is 132 Å². The highest BCUT2D eigenvalue weighted by Crippen LogP contribution is 2.38. The minimum Gasteiger partial charge on any atom is -0.406 e. The number of fused-ring (bicyclic) bond motifs is 1. The van der Waals surface area contributed by atoms with E-state index < -0.39 is 27.4 Å². The van der Waals surface area contributed by atoms with E-state index in [0.717, 1.165) is 23.3 Å². The molecule has 6 aromatic rings. The highest BCUT2D eigenvalue weighted by atomic mass is 32.2. The molecule has 1 unspecified atom stereocenters. The van der Waals surface area contributed by atoms with Crippen molar-refractivity contribution in [1.29, 1.82) is 0 Å². The number of morpholine rings is 1. The first-order valence-electron chi connectivity index (χ1n) is 15.2. The fourth-order valence-electron chi connectivity index (χ4n) is 5.50. The molecule has 0 aliphatic carbocycles. The van der Waals surface area contributed by atoms with Gasteiger partial charge < -0.3 is 14.5 Å². The fraction of sp³-hybridized carbons (Fsp3) is 0.212. The van der Waals surface area contributed by atoms with E-state index in [1.807, 2.05) is 42.6 Å². The van der Waals surface area contributed by atoms with Crippen LogP contribution in [0.3, 0.4) is 0 Å². The molecule has 7 rings (SSSR count). The highest BCUT2D eigenvalue weighted by molar-refractivity contribution is 7.99. The molecule has 1 N–H and O–H groups in total. The maximum atomic E-state index is 13.5. The van der Waals surface area contributed by atoms with Crippen LogP contribution in [-0.4, -0.2) is 70.1 Å². The number of rotatable bonds is 9. The Morgan fingerprint density at radius 1 is 0.980 bits per heavy atom. The summed E-state index contributed by atoms with van der Waals surface area (Å²) in [5.41, 5.74) is 2.18. The second-order valence-electron chi connectivity index (χ2n) is 11.1. The number of nitrogens with one attached hydrogen (secondary N) is 1. The molecule has 3 aromatic heterocycles. The lowest BCUT2D eigenvalue weighted by atomic mass is 10.1. The SMILES string of the molecule is CC(Sc1nnc(-c2cccc(S(=O)(=O)N3CCOCC3)c2)n1-c1ccc(OC(F)(F)F)cc1)c1nc2scc(-c3ccccc3)c2c(=O)[nH]1. The number of halogens is 3. The second kappa shape index (κ2) is 13.6. The molecule has 0 spiro atoms. The smallest absolute Gasteiger partial charge is 0.406 e. The number of thiophene rings is 1. The zero-order valence-corrected chi connectivity index (χ0v) is 28.6. The minimum atomic E-state index is -4.87. The Hall–Kier alpha value is -4.55. The van der Waals surface area contributed by atoms with Crippen LogP contribution in [0.1, 0.15) is 18.0 Å². The van der Waals surface area contributed by atoms with Crippen LogP contribution in [0.5, 0.6) is 5.75 Å². The molecule has 0 bridgehead atoms. The number of alkyl halides is 3. The Bertz CT molecular complexity index is 2320. The summed E-state index contributed by atoms with van der Waals surface area (Å²) in [6.45, 7) is 2.83. The maximum absolute atomic E-state index is 13.5. The maximum Gasteiger partial charge on any atom is 0.573 e. The van der Waals surface area contributed by atoms with E-state index in [0.29, 0.717) is 32.4 Å². The molecule has 50 heavy (non-hydrogen) atoms. The molecule has 17 heteroatoms. The zero-order valence-electron chi connectivity index (χ0n) is 26.1. The highest BCUT2D eigenvalue weighted by Gasteiger charge is 2.31. The van der Waals surface area contributed by atoms with Crippen molar-refractivity contribution in [2.45, 2.75) is 28.6 Å². The van der Waals surface area contributed by atoms with Crippen LogP contribution in [0.15, 0.2) is 99.1 Å². The summed E-state index contributed by atoms with van der Waals surface area (Å²) < 4.78 is 78.0. The van der Waals surface area contributed by atoms with Gasteiger partial charge in [0.1, 0.15) is 16.4 Å². The third-order valence-corrected chi connectivity index (χ3v) is 11.7. The Morgan fingerprint density at radius 2 is 1.70 bits per heavy atom. The van der Waals surface area contributed by atoms with Gasteiger partial charge in [-0.05, 0) is 48.9 Å². The molecule has 258 valence electrons. The number of nitrogens with zero attached hydrogens (tertiary/aromatic N) is 5. The Kier molecular flexibility index (Phi) is 9.25. The first-order valence-corrected chi connectivity index (χ1v) is 18.4. The Labute approximate surface area is 291 Å². The molecule has 1 atom stereocenters.